The van der Waals surface area contributed by atoms with Crippen molar-refractivity contribution < 1.29 is 4.74 Å². The number of ether oxygens (including phenoxy) is 1. The molecule has 1 aliphatic carbocycles. The van der Waals surface area contributed by atoms with Gasteiger partial charge in [-0.3, -0.25) is 4.99 Å². The van der Waals surface area contributed by atoms with Gasteiger partial charge in [-0.2, -0.15) is 0 Å². The Morgan fingerprint density at radius 2 is 1.96 bits per heavy atom. The van der Waals surface area contributed by atoms with Crippen LogP contribution in [0.25, 0.3) is 0 Å². The molecule has 4 atom stereocenters. The van der Waals surface area contributed by atoms with Crippen LogP contribution in [-0.4, -0.2) is 30.1 Å². The SMILES string of the molecule is C=CC[C@@H](CC/C=C\C=C\CC/C=C/[C@@H]1CSC([C@@H]2C[C@@H]2C)=N1)OC. The molecule has 0 aromatic rings. The third kappa shape index (κ3) is 7.79. The number of rotatable bonds is 12. The fraction of sp³-hybridized carbons (Fsp3) is 0.591. The fourth-order valence-corrected chi connectivity index (χ4v) is 4.25. The lowest BCUT2D eigenvalue weighted by molar-refractivity contribution is 0.0987. The van der Waals surface area contributed by atoms with Crippen LogP contribution in [0.3, 0.4) is 0 Å². The summed E-state index contributed by atoms with van der Waals surface area (Å²) >= 11 is 1.97. The highest BCUT2D eigenvalue weighted by atomic mass is 32.2. The van der Waals surface area contributed by atoms with Crippen LogP contribution in [0.15, 0.2) is 54.1 Å². The zero-order valence-corrected chi connectivity index (χ0v) is 16.6. The molecule has 0 amide bonds. The first-order valence-electron chi connectivity index (χ1n) is 9.57. The second kappa shape index (κ2) is 11.5. The van der Waals surface area contributed by atoms with Crippen LogP contribution in [-0.2, 0) is 4.74 Å². The molecule has 2 nitrogen and oxygen atoms in total. The number of unbranched alkanes of at least 4 members (excludes halogenated alkanes) is 1. The maximum absolute atomic E-state index is 5.39. The van der Waals surface area contributed by atoms with E-state index in [4.69, 9.17) is 9.73 Å². The van der Waals surface area contributed by atoms with Crippen molar-refractivity contribution in [3.63, 3.8) is 0 Å². The molecule has 1 fully saturated rings. The van der Waals surface area contributed by atoms with Crippen molar-refractivity contribution in [3.8, 4) is 0 Å². The Kier molecular flexibility index (Phi) is 9.35. The van der Waals surface area contributed by atoms with Gasteiger partial charge in [0.05, 0.1) is 17.2 Å². The normalized spacial score (nSPS) is 27.4. The fourth-order valence-electron chi connectivity index (χ4n) is 2.97. The van der Waals surface area contributed by atoms with Gasteiger partial charge in [-0.05, 0) is 44.4 Å². The molecule has 0 unspecified atom stereocenters. The Morgan fingerprint density at radius 1 is 1.24 bits per heavy atom. The minimum atomic E-state index is 0.302. The molecular formula is C22H33NOS. The van der Waals surface area contributed by atoms with Gasteiger partial charge in [0.25, 0.3) is 0 Å². The Labute approximate surface area is 158 Å². The molecule has 3 heteroatoms. The van der Waals surface area contributed by atoms with E-state index in [1.807, 2.05) is 17.8 Å². The van der Waals surface area contributed by atoms with E-state index in [-0.39, 0.29) is 0 Å². The van der Waals surface area contributed by atoms with Crippen molar-refractivity contribution in [1.29, 1.82) is 0 Å². The summed E-state index contributed by atoms with van der Waals surface area (Å²) < 4.78 is 5.39. The largest absolute Gasteiger partial charge is 0.381 e. The molecule has 2 rings (SSSR count). The molecule has 0 radical (unpaired) electrons. The number of allylic oxidation sites excluding steroid dienone is 5. The van der Waals surface area contributed by atoms with Gasteiger partial charge in [-0.1, -0.05) is 49.5 Å². The minimum absolute atomic E-state index is 0.302. The van der Waals surface area contributed by atoms with Gasteiger partial charge >= 0.3 is 0 Å². The molecule has 0 saturated heterocycles. The molecule has 0 spiro atoms. The van der Waals surface area contributed by atoms with Gasteiger partial charge in [0.2, 0.25) is 0 Å². The topological polar surface area (TPSA) is 21.6 Å². The Morgan fingerprint density at radius 3 is 2.64 bits per heavy atom. The van der Waals surface area contributed by atoms with Gasteiger partial charge < -0.3 is 4.74 Å². The molecule has 0 aromatic carbocycles. The minimum Gasteiger partial charge on any atom is -0.381 e. The molecule has 2 aliphatic rings. The first kappa shape index (κ1) is 20.3. The van der Waals surface area contributed by atoms with E-state index >= 15 is 0 Å². The highest BCUT2D eigenvalue weighted by Crippen LogP contribution is 2.44. The smallest absolute Gasteiger partial charge is 0.0783 e. The lowest BCUT2D eigenvalue weighted by Crippen LogP contribution is -2.08. The molecule has 0 bridgehead atoms. The third-order valence-electron chi connectivity index (χ3n) is 4.78. The summed E-state index contributed by atoms with van der Waals surface area (Å²) in [5.41, 5.74) is 0. The molecule has 25 heavy (non-hydrogen) atoms. The van der Waals surface area contributed by atoms with Gasteiger partial charge in [-0.15, -0.1) is 18.3 Å². The lowest BCUT2D eigenvalue weighted by atomic mass is 10.1. The number of nitrogens with zero attached hydrogens (tertiary/aromatic N) is 1. The number of methoxy groups -OCH3 is 1. The Balaban J connectivity index is 1.52. The second-order valence-electron chi connectivity index (χ2n) is 6.99. The van der Waals surface area contributed by atoms with Crippen LogP contribution in [0.4, 0.5) is 0 Å². The predicted octanol–water partition coefficient (Wildman–Crippen LogP) is 5.98. The zero-order valence-electron chi connectivity index (χ0n) is 15.8. The monoisotopic (exact) mass is 359 g/mol. The van der Waals surface area contributed by atoms with Gasteiger partial charge in [-0.25, -0.2) is 0 Å². The maximum Gasteiger partial charge on any atom is 0.0783 e. The van der Waals surface area contributed by atoms with Crippen LogP contribution in [0.5, 0.6) is 0 Å². The number of hydrogen-bond acceptors (Lipinski definition) is 3. The van der Waals surface area contributed by atoms with Crippen molar-refractivity contribution in [2.45, 2.75) is 57.6 Å². The molecule has 138 valence electrons. The van der Waals surface area contributed by atoms with Crippen molar-refractivity contribution in [1.82, 2.24) is 0 Å². The summed E-state index contributed by atoms with van der Waals surface area (Å²) in [6.45, 7) is 6.09. The van der Waals surface area contributed by atoms with Gasteiger partial charge in [0, 0.05) is 18.8 Å². The van der Waals surface area contributed by atoms with Crippen LogP contribution in [0, 0.1) is 11.8 Å². The first-order chi connectivity index (χ1) is 12.2. The summed E-state index contributed by atoms with van der Waals surface area (Å²) in [7, 11) is 1.77. The average Bonchev–Trinajstić information content (AvgIpc) is 3.16. The zero-order chi connectivity index (χ0) is 17.9. The van der Waals surface area contributed by atoms with Crippen molar-refractivity contribution in [2.75, 3.05) is 12.9 Å². The number of aliphatic imine (C=N–C) groups is 1. The average molecular weight is 360 g/mol. The first-order valence-corrected chi connectivity index (χ1v) is 10.6. The summed E-state index contributed by atoms with van der Waals surface area (Å²) in [4.78, 5) is 4.85. The van der Waals surface area contributed by atoms with Crippen molar-refractivity contribution in [2.24, 2.45) is 16.8 Å². The molecule has 0 N–H and O–H groups in total. The van der Waals surface area contributed by atoms with E-state index in [1.165, 1.54) is 11.5 Å². The predicted molar refractivity (Wildman–Crippen MR) is 112 cm³/mol. The van der Waals surface area contributed by atoms with Crippen LogP contribution >= 0.6 is 11.8 Å². The van der Waals surface area contributed by atoms with E-state index in [2.05, 4.69) is 50.0 Å². The van der Waals surface area contributed by atoms with E-state index in [0.29, 0.717) is 12.1 Å². The van der Waals surface area contributed by atoms with Crippen LogP contribution in [0.2, 0.25) is 0 Å². The highest BCUT2D eigenvalue weighted by molar-refractivity contribution is 8.14. The van der Waals surface area contributed by atoms with Gasteiger partial charge in [0.15, 0.2) is 0 Å². The Hall–Kier alpha value is -1.06. The van der Waals surface area contributed by atoms with E-state index in [1.54, 1.807) is 7.11 Å². The van der Waals surface area contributed by atoms with E-state index < -0.39 is 0 Å². The summed E-state index contributed by atoms with van der Waals surface area (Å²) in [6, 6.07) is 0.418. The lowest BCUT2D eigenvalue weighted by Gasteiger charge is -2.10. The second-order valence-corrected chi connectivity index (χ2v) is 8.03. The summed E-state index contributed by atoms with van der Waals surface area (Å²) in [5.74, 6) is 2.80. The standard InChI is InChI=1S/C22H33NOS/c1-4-13-20(24-3)15-12-10-8-6-5-7-9-11-14-19-17-25-22(23-19)21-16-18(21)2/h4-6,8,10-11,14,18-21H,1,7,9,12-13,15-17H2,2-3H3/b6-5+,10-8-,14-11+/t18-,19+,20-,21+/m0/s1. The third-order valence-corrected chi connectivity index (χ3v) is 5.99. The quantitative estimate of drug-likeness (QED) is 0.243. The molecular weight excluding hydrogens is 326 g/mol. The van der Waals surface area contributed by atoms with E-state index in [0.717, 1.165) is 49.7 Å². The highest BCUT2D eigenvalue weighted by Gasteiger charge is 2.39. The molecule has 1 aliphatic heterocycles. The maximum atomic E-state index is 5.39. The van der Waals surface area contributed by atoms with Crippen molar-refractivity contribution in [3.05, 3.63) is 49.1 Å². The van der Waals surface area contributed by atoms with Crippen LogP contribution in [0.1, 0.15) is 45.4 Å². The number of hydrogen-bond donors (Lipinski definition) is 0. The van der Waals surface area contributed by atoms with Crippen LogP contribution < -0.4 is 0 Å². The molecule has 0 aromatic heterocycles. The molecule has 1 saturated carbocycles. The molecule has 1 heterocycles. The summed E-state index contributed by atoms with van der Waals surface area (Å²) in [5, 5.41) is 1.41. The number of thioether (sulfide) groups is 1. The van der Waals surface area contributed by atoms with Gasteiger partial charge in [0.1, 0.15) is 0 Å². The summed E-state index contributed by atoms with van der Waals surface area (Å²) in [6.07, 6.45) is 22.1. The van der Waals surface area contributed by atoms with Crippen molar-refractivity contribution >= 4 is 16.8 Å². The Bertz CT molecular complexity index is 520. The van der Waals surface area contributed by atoms with E-state index in [9.17, 15) is 0 Å².